The number of carboxylic acids is 2. The van der Waals surface area contributed by atoms with Crippen molar-refractivity contribution in [3.05, 3.63) is 0 Å². The first-order valence-corrected chi connectivity index (χ1v) is 19.0. The van der Waals surface area contributed by atoms with Gasteiger partial charge in [0.2, 0.25) is 0 Å². The first-order chi connectivity index (χ1) is 22.4. The molecule has 10 N–H and O–H groups in total. The van der Waals surface area contributed by atoms with Crippen LogP contribution in [0.4, 0.5) is 0 Å². The molecule has 0 aromatic rings. The maximum atomic E-state index is 12.9. The molecule has 5 heterocycles. The molecule has 12 heteroatoms. The minimum atomic E-state index is -0.977. The van der Waals surface area contributed by atoms with Gasteiger partial charge in [-0.1, -0.05) is 38.5 Å². The van der Waals surface area contributed by atoms with Gasteiger partial charge in [0.1, 0.15) is 0 Å². The van der Waals surface area contributed by atoms with Gasteiger partial charge in [0.15, 0.2) is 0 Å². The number of carboxylic acid groups (broad SMARTS) is 2. The third-order valence-electron chi connectivity index (χ3n) is 14.6. The molecule has 5 saturated heterocycles. The molecule has 9 rings (SSSR count). The second-order valence-electron chi connectivity index (χ2n) is 16.6. The number of hydrogen-bond acceptors (Lipinski definition) is 10. The molecule has 9 aliphatic rings. The Balaban J connectivity index is 1.08. The van der Waals surface area contributed by atoms with E-state index in [1.54, 1.807) is 0 Å². The van der Waals surface area contributed by atoms with E-state index in [0.717, 1.165) is 6.42 Å². The molecule has 18 atom stereocenters. The largest absolute Gasteiger partial charge is 0.481 e. The monoisotopic (exact) mass is 640 g/mol. The van der Waals surface area contributed by atoms with Gasteiger partial charge in [0.05, 0.1) is 61.2 Å². The minimum Gasteiger partial charge on any atom is -0.481 e. The SMILES string of the molecule is O=C(O)C1CCC2C3NC4NC(NC5NC(NC6NC(NC(N3)C2C1C(=O)O)C1CCCCC61)C1CCCCC51)C1CCCCC41. The van der Waals surface area contributed by atoms with Crippen LogP contribution < -0.4 is 42.5 Å². The summed E-state index contributed by atoms with van der Waals surface area (Å²) in [5, 5.41) is 53.0. The zero-order chi connectivity index (χ0) is 31.1. The Hall–Kier alpha value is -1.38. The lowest BCUT2D eigenvalue weighted by Gasteiger charge is -2.40. The highest BCUT2D eigenvalue weighted by Gasteiger charge is 2.59. The summed E-state index contributed by atoms with van der Waals surface area (Å²) in [4.78, 5) is 25.3. The van der Waals surface area contributed by atoms with E-state index in [0.29, 0.717) is 48.3 Å². The smallest absolute Gasteiger partial charge is 0.307 e. The quantitative estimate of drug-likeness (QED) is 0.210. The van der Waals surface area contributed by atoms with Crippen molar-refractivity contribution in [2.75, 3.05) is 0 Å². The van der Waals surface area contributed by atoms with Crippen LogP contribution in [-0.4, -0.2) is 71.5 Å². The van der Waals surface area contributed by atoms with Gasteiger partial charge in [0.25, 0.3) is 0 Å². The van der Waals surface area contributed by atoms with Gasteiger partial charge >= 0.3 is 11.9 Å². The van der Waals surface area contributed by atoms with E-state index in [-0.39, 0.29) is 61.2 Å². The number of rotatable bonds is 2. The molecule has 4 aliphatic carbocycles. The van der Waals surface area contributed by atoms with E-state index in [1.165, 1.54) is 70.6 Å². The summed E-state index contributed by atoms with van der Waals surface area (Å²) in [6.45, 7) is 0. The second-order valence-corrected chi connectivity index (χ2v) is 16.6. The topological polar surface area (TPSA) is 171 Å². The maximum absolute atomic E-state index is 12.9. The minimum absolute atomic E-state index is 0.0406. The van der Waals surface area contributed by atoms with Gasteiger partial charge in [-0.05, 0) is 92.8 Å². The van der Waals surface area contributed by atoms with Gasteiger partial charge in [-0.3, -0.25) is 52.1 Å². The molecular formula is C34H56N8O4. The van der Waals surface area contributed by atoms with Crippen molar-refractivity contribution >= 4 is 11.9 Å². The number of carbonyl (C=O) groups is 2. The first kappa shape index (κ1) is 30.7. The average Bonchev–Trinajstić information content (AvgIpc) is 3.80. The fraction of sp³-hybridized carbons (Fsp3) is 0.941. The summed E-state index contributed by atoms with van der Waals surface area (Å²) >= 11 is 0. The van der Waals surface area contributed by atoms with Crippen LogP contribution in [0.1, 0.15) is 89.9 Å². The van der Waals surface area contributed by atoms with E-state index in [4.69, 9.17) is 0 Å². The Morgan fingerprint density at radius 1 is 0.370 bits per heavy atom. The summed E-state index contributed by atoms with van der Waals surface area (Å²) in [7, 11) is 0. The third kappa shape index (κ3) is 5.07. The molecule has 0 amide bonds. The van der Waals surface area contributed by atoms with Gasteiger partial charge in [-0.2, -0.15) is 0 Å². The Bertz CT molecular complexity index is 1180. The van der Waals surface area contributed by atoms with Crippen molar-refractivity contribution in [1.82, 2.24) is 42.5 Å². The molecule has 8 bridgehead atoms. The highest BCUT2D eigenvalue weighted by molar-refractivity contribution is 5.80. The third-order valence-corrected chi connectivity index (χ3v) is 14.6. The van der Waals surface area contributed by atoms with Gasteiger partial charge in [-0.25, -0.2) is 0 Å². The summed E-state index contributed by atoms with van der Waals surface area (Å²) in [5.74, 6) is -0.739. The lowest BCUT2D eigenvalue weighted by molar-refractivity contribution is -0.160. The number of nitrogens with one attached hydrogen (secondary N) is 8. The van der Waals surface area contributed by atoms with Gasteiger partial charge < -0.3 is 10.2 Å². The fourth-order valence-corrected chi connectivity index (χ4v) is 12.7. The van der Waals surface area contributed by atoms with Crippen LogP contribution in [0.5, 0.6) is 0 Å². The van der Waals surface area contributed by atoms with Crippen LogP contribution in [0.15, 0.2) is 0 Å². The number of aliphatic carboxylic acids is 2. The van der Waals surface area contributed by atoms with Crippen molar-refractivity contribution in [3.8, 4) is 0 Å². The predicted octanol–water partition coefficient (Wildman–Crippen LogP) is 1.23. The molecule has 0 aromatic carbocycles. The molecule has 0 spiro atoms. The first-order valence-electron chi connectivity index (χ1n) is 19.0. The Labute approximate surface area is 272 Å². The predicted molar refractivity (Wildman–Crippen MR) is 170 cm³/mol. The van der Waals surface area contributed by atoms with Crippen LogP contribution in [-0.2, 0) is 9.59 Å². The number of hydrogen-bond donors (Lipinski definition) is 10. The Kier molecular flexibility index (Phi) is 8.13. The van der Waals surface area contributed by atoms with Crippen molar-refractivity contribution in [3.63, 3.8) is 0 Å². The molecule has 256 valence electrons. The van der Waals surface area contributed by atoms with Crippen molar-refractivity contribution in [2.24, 2.45) is 59.2 Å². The normalized spacial score (nSPS) is 54.7. The van der Waals surface area contributed by atoms with E-state index >= 15 is 0 Å². The molecule has 4 saturated carbocycles. The lowest BCUT2D eigenvalue weighted by atomic mass is 9.66. The molecule has 9 fully saturated rings. The summed E-state index contributed by atoms with van der Waals surface area (Å²) < 4.78 is 0. The highest BCUT2D eigenvalue weighted by Crippen LogP contribution is 2.48. The van der Waals surface area contributed by atoms with Crippen LogP contribution in [0.2, 0.25) is 0 Å². The van der Waals surface area contributed by atoms with Gasteiger partial charge in [-0.15, -0.1) is 0 Å². The van der Waals surface area contributed by atoms with E-state index in [2.05, 4.69) is 42.5 Å². The Morgan fingerprint density at radius 3 is 0.978 bits per heavy atom. The van der Waals surface area contributed by atoms with E-state index in [9.17, 15) is 19.8 Å². The van der Waals surface area contributed by atoms with Gasteiger partial charge in [0, 0.05) is 5.92 Å². The second kappa shape index (κ2) is 12.2. The maximum Gasteiger partial charge on any atom is 0.307 e. The molecule has 0 aromatic heterocycles. The summed E-state index contributed by atoms with van der Waals surface area (Å²) in [6.07, 6.45) is 16.8. The zero-order valence-corrected chi connectivity index (χ0v) is 27.0. The summed E-state index contributed by atoms with van der Waals surface area (Å²) in [5.41, 5.74) is 0. The Morgan fingerprint density at radius 2 is 0.674 bits per heavy atom. The van der Waals surface area contributed by atoms with E-state index < -0.39 is 23.8 Å². The fourth-order valence-electron chi connectivity index (χ4n) is 12.7. The van der Waals surface area contributed by atoms with Crippen LogP contribution >= 0.6 is 0 Å². The molecular weight excluding hydrogens is 584 g/mol. The van der Waals surface area contributed by atoms with E-state index in [1.807, 2.05) is 0 Å². The molecule has 12 nitrogen and oxygen atoms in total. The molecule has 46 heavy (non-hydrogen) atoms. The summed E-state index contributed by atoms with van der Waals surface area (Å²) in [6, 6.07) is 0. The highest BCUT2D eigenvalue weighted by atomic mass is 16.4. The number of fused-ring (bicyclic) bond motifs is 20. The zero-order valence-electron chi connectivity index (χ0n) is 27.0. The lowest BCUT2D eigenvalue weighted by Crippen LogP contribution is -2.62. The molecule has 5 aliphatic heterocycles. The average molecular weight is 641 g/mol. The van der Waals surface area contributed by atoms with Crippen molar-refractivity contribution < 1.29 is 19.8 Å². The molecule has 18 unspecified atom stereocenters. The standard InChI is InChI=1S/C34H56N8O4/c43-33(44)22-14-13-21-23(24(22)34(45)46)32-41-30-20-12-6-5-11-19(20)28(39-30)37-26-16-8-2-1-7-15(16)25(35-26)36-27-17-9-3-4-10-18(17)29(38-27)40-31(21)42-32/h15-32,35-42H,1-14H2,(H,43,44)(H,45,46). The van der Waals surface area contributed by atoms with Crippen LogP contribution in [0.3, 0.4) is 0 Å². The van der Waals surface area contributed by atoms with Crippen LogP contribution in [0, 0.1) is 59.2 Å². The molecule has 0 radical (unpaired) electrons. The van der Waals surface area contributed by atoms with Crippen LogP contribution in [0.25, 0.3) is 0 Å². The van der Waals surface area contributed by atoms with Crippen molar-refractivity contribution in [2.45, 2.75) is 139 Å². The van der Waals surface area contributed by atoms with Crippen molar-refractivity contribution in [1.29, 1.82) is 0 Å².